The fraction of sp³-hybridized carbons (Fsp3) is 0.167. The van der Waals surface area contributed by atoms with Crippen molar-refractivity contribution in [3.8, 4) is 17.4 Å². The van der Waals surface area contributed by atoms with E-state index in [-0.39, 0.29) is 12.7 Å². The van der Waals surface area contributed by atoms with Crippen molar-refractivity contribution in [1.82, 2.24) is 5.16 Å². The maximum atomic E-state index is 11.8. The Hall–Kier alpha value is -2.50. The van der Waals surface area contributed by atoms with Crippen molar-refractivity contribution in [2.45, 2.75) is 6.92 Å². The zero-order valence-corrected chi connectivity index (χ0v) is 9.50. The van der Waals surface area contributed by atoms with Gasteiger partial charge in [0.15, 0.2) is 11.5 Å². The van der Waals surface area contributed by atoms with Gasteiger partial charge < -0.3 is 18.7 Å². The Bertz CT molecular complexity index is 604. The van der Waals surface area contributed by atoms with Crippen LogP contribution in [-0.2, 0) is 0 Å². The van der Waals surface area contributed by atoms with Gasteiger partial charge >= 0.3 is 5.97 Å². The minimum atomic E-state index is -0.526. The molecular formula is C12H9NO5. The van der Waals surface area contributed by atoms with Crippen LogP contribution in [0.15, 0.2) is 28.8 Å². The van der Waals surface area contributed by atoms with Gasteiger partial charge in [-0.25, -0.2) is 4.79 Å². The van der Waals surface area contributed by atoms with Gasteiger partial charge in [-0.15, -0.1) is 0 Å². The molecule has 0 saturated carbocycles. The summed E-state index contributed by atoms with van der Waals surface area (Å²) in [4.78, 5) is 11.8. The van der Waals surface area contributed by atoms with Crippen LogP contribution in [0.25, 0.3) is 0 Å². The summed E-state index contributed by atoms with van der Waals surface area (Å²) in [6, 6.07) is 6.36. The van der Waals surface area contributed by atoms with E-state index < -0.39 is 5.97 Å². The van der Waals surface area contributed by atoms with Crippen LogP contribution in [-0.4, -0.2) is 17.9 Å². The van der Waals surface area contributed by atoms with E-state index in [2.05, 4.69) is 5.16 Å². The van der Waals surface area contributed by atoms with Crippen LogP contribution in [0.2, 0.25) is 0 Å². The molecule has 92 valence electrons. The molecule has 0 N–H and O–H groups in total. The molecule has 0 bridgehead atoms. The van der Waals surface area contributed by atoms with Crippen LogP contribution in [0.5, 0.6) is 17.4 Å². The summed E-state index contributed by atoms with van der Waals surface area (Å²) in [6.07, 6.45) is 0. The third kappa shape index (κ3) is 1.88. The lowest BCUT2D eigenvalue weighted by molar-refractivity contribution is 0.0720. The molecule has 2 aromatic rings. The fourth-order valence-corrected chi connectivity index (χ4v) is 1.57. The molecule has 0 amide bonds. The molecule has 0 fully saturated rings. The third-order valence-electron chi connectivity index (χ3n) is 2.41. The second-order valence-corrected chi connectivity index (χ2v) is 3.73. The van der Waals surface area contributed by atoms with Gasteiger partial charge in [0, 0.05) is 6.07 Å². The molecule has 1 aliphatic heterocycles. The molecule has 0 atom stereocenters. The number of aryl methyl sites for hydroxylation is 1. The minimum Gasteiger partial charge on any atom is -0.454 e. The molecule has 1 aromatic carbocycles. The van der Waals surface area contributed by atoms with E-state index in [4.69, 9.17) is 18.7 Å². The third-order valence-corrected chi connectivity index (χ3v) is 2.41. The van der Waals surface area contributed by atoms with Gasteiger partial charge in [-0.1, -0.05) is 0 Å². The van der Waals surface area contributed by atoms with E-state index in [0.717, 1.165) is 0 Å². The van der Waals surface area contributed by atoms with Gasteiger partial charge in [-0.05, 0) is 30.3 Å². The van der Waals surface area contributed by atoms with Crippen molar-refractivity contribution in [3.05, 3.63) is 35.6 Å². The van der Waals surface area contributed by atoms with Crippen molar-refractivity contribution < 1.29 is 23.5 Å². The topological polar surface area (TPSA) is 70.8 Å². The number of esters is 1. The molecule has 0 spiro atoms. The highest BCUT2D eigenvalue weighted by atomic mass is 16.7. The molecule has 18 heavy (non-hydrogen) atoms. The first-order valence-electron chi connectivity index (χ1n) is 5.27. The van der Waals surface area contributed by atoms with E-state index >= 15 is 0 Å². The summed E-state index contributed by atoms with van der Waals surface area (Å²) in [6.45, 7) is 1.88. The van der Waals surface area contributed by atoms with Crippen LogP contribution in [0, 0.1) is 6.92 Å². The largest absolute Gasteiger partial charge is 0.454 e. The summed E-state index contributed by atoms with van der Waals surface area (Å²) in [5.74, 6) is 1.32. The second kappa shape index (κ2) is 4.06. The minimum absolute atomic E-state index is 0.134. The standard InChI is InChI=1S/C12H9NO5/c1-7-4-11(13-18-7)17-12(14)8-2-3-9-10(5-8)16-6-15-9/h2-5H,6H2,1H3. The van der Waals surface area contributed by atoms with Crippen molar-refractivity contribution in [2.75, 3.05) is 6.79 Å². The number of fused-ring (bicyclic) bond motifs is 1. The van der Waals surface area contributed by atoms with Gasteiger partial charge in [0.25, 0.3) is 5.88 Å². The summed E-state index contributed by atoms with van der Waals surface area (Å²) >= 11 is 0. The van der Waals surface area contributed by atoms with Gasteiger partial charge in [0.1, 0.15) is 5.76 Å². The molecule has 6 heteroatoms. The van der Waals surface area contributed by atoms with Crippen molar-refractivity contribution in [3.63, 3.8) is 0 Å². The Morgan fingerprint density at radius 1 is 1.28 bits per heavy atom. The van der Waals surface area contributed by atoms with E-state index in [1.165, 1.54) is 6.07 Å². The Labute approximate surface area is 102 Å². The molecule has 3 rings (SSSR count). The lowest BCUT2D eigenvalue weighted by Gasteiger charge is -2.01. The van der Waals surface area contributed by atoms with E-state index in [1.54, 1.807) is 25.1 Å². The number of hydrogen-bond donors (Lipinski definition) is 0. The number of rotatable bonds is 2. The van der Waals surface area contributed by atoms with Gasteiger partial charge in [-0.3, -0.25) is 0 Å². The molecule has 2 heterocycles. The molecule has 0 saturated heterocycles. The van der Waals surface area contributed by atoms with Crippen molar-refractivity contribution >= 4 is 5.97 Å². The number of carbonyl (C=O) groups excluding carboxylic acids is 1. The first-order chi connectivity index (χ1) is 8.72. The summed E-state index contributed by atoms with van der Waals surface area (Å²) in [5.41, 5.74) is 0.361. The highest BCUT2D eigenvalue weighted by Crippen LogP contribution is 2.32. The van der Waals surface area contributed by atoms with Gasteiger partial charge in [0.2, 0.25) is 6.79 Å². The van der Waals surface area contributed by atoms with E-state index in [0.29, 0.717) is 22.8 Å². The predicted molar refractivity (Wildman–Crippen MR) is 58.8 cm³/mol. The van der Waals surface area contributed by atoms with Crippen molar-refractivity contribution in [1.29, 1.82) is 0 Å². The summed E-state index contributed by atoms with van der Waals surface area (Å²) in [7, 11) is 0. The normalized spacial score (nSPS) is 12.5. The highest BCUT2D eigenvalue weighted by Gasteiger charge is 2.18. The van der Waals surface area contributed by atoms with Gasteiger partial charge in [0.05, 0.1) is 5.56 Å². The Kier molecular flexibility index (Phi) is 2.40. The van der Waals surface area contributed by atoms with Crippen LogP contribution < -0.4 is 14.2 Å². The Morgan fingerprint density at radius 2 is 2.11 bits per heavy atom. The summed E-state index contributed by atoms with van der Waals surface area (Å²) < 4.78 is 20.2. The SMILES string of the molecule is Cc1cc(OC(=O)c2ccc3c(c2)OCO3)no1. The Balaban J connectivity index is 1.80. The van der Waals surface area contributed by atoms with Crippen LogP contribution in [0.4, 0.5) is 0 Å². The van der Waals surface area contributed by atoms with E-state index in [1.807, 2.05) is 0 Å². The maximum Gasteiger partial charge on any atom is 0.345 e. The lowest BCUT2D eigenvalue weighted by Crippen LogP contribution is -2.08. The number of hydrogen-bond acceptors (Lipinski definition) is 6. The van der Waals surface area contributed by atoms with Crippen molar-refractivity contribution in [2.24, 2.45) is 0 Å². The molecule has 0 aliphatic carbocycles. The average molecular weight is 247 g/mol. The monoisotopic (exact) mass is 247 g/mol. The average Bonchev–Trinajstić information content (AvgIpc) is 2.96. The number of benzene rings is 1. The molecule has 1 aliphatic rings. The maximum absolute atomic E-state index is 11.8. The smallest absolute Gasteiger partial charge is 0.345 e. The molecule has 1 aromatic heterocycles. The van der Waals surface area contributed by atoms with Crippen LogP contribution in [0.3, 0.4) is 0 Å². The number of ether oxygens (including phenoxy) is 3. The number of carbonyl (C=O) groups is 1. The zero-order valence-electron chi connectivity index (χ0n) is 9.50. The van der Waals surface area contributed by atoms with Crippen LogP contribution in [0.1, 0.15) is 16.1 Å². The van der Waals surface area contributed by atoms with Crippen LogP contribution >= 0.6 is 0 Å². The Morgan fingerprint density at radius 3 is 2.89 bits per heavy atom. The predicted octanol–water partition coefficient (Wildman–Crippen LogP) is 1.93. The summed E-state index contributed by atoms with van der Waals surface area (Å²) in [5, 5.41) is 3.58. The molecular weight excluding hydrogens is 238 g/mol. The van der Waals surface area contributed by atoms with E-state index in [9.17, 15) is 4.79 Å². The zero-order chi connectivity index (χ0) is 12.5. The van der Waals surface area contributed by atoms with Gasteiger partial charge in [-0.2, -0.15) is 0 Å². The highest BCUT2D eigenvalue weighted by molar-refractivity contribution is 5.91. The second-order valence-electron chi connectivity index (χ2n) is 3.73. The fourth-order valence-electron chi connectivity index (χ4n) is 1.57. The molecule has 6 nitrogen and oxygen atoms in total. The first kappa shape index (κ1) is 10.6. The quantitative estimate of drug-likeness (QED) is 0.755. The molecule has 0 unspecified atom stereocenters. The lowest BCUT2D eigenvalue weighted by atomic mass is 10.2. The molecule has 0 radical (unpaired) electrons. The number of aromatic nitrogens is 1. The number of nitrogens with zero attached hydrogens (tertiary/aromatic N) is 1. The first-order valence-corrected chi connectivity index (χ1v) is 5.27.